The number of hydrogen-bond acceptors (Lipinski definition) is 2. The summed E-state index contributed by atoms with van der Waals surface area (Å²) in [4.78, 5) is 10.4. The van der Waals surface area contributed by atoms with Crippen molar-refractivity contribution < 1.29 is 14.6 Å². The Hall–Kier alpha value is -0.770. The molecular formula is C10H19NO3. The molecule has 0 spiro atoms. The Morgan fingerprint density at radius 2 is 1.93 bits per heavy atom. The summed E-state index contributed by atoms with van der Waals surface area (Å²) in [5.41, 5.74) is 0. The molecule has 0 unspecified atom stereocenters. The molecule has 0 aliphatic heterocycles. The Bertz CT molecular complexity index is 186. The van der Waals surface area contributed by atoms with Gasteiger partial charge >= 0.3 is 6.09 Å². The van der Waals surface area contributed by atoms with E-state index >= 15 is 0 Å². The van der Waals surface area contributed by atoms with Gasteiger partial charge in [0.2, 0.25) is 0 Å². The Labute approximate surface area is 84.6 Å². The molecule has 1 aliphatic rings. The number of nitrogens with one attached hydrogen (secondary N) is 1. The van der Waals surface area contributed by atoms with Crippen molar-refractivity contribution in [2.24, 2.45) is 0 Å². The molecule has 14 heavy (non-hydrogen) atoms. The molecule has 0 aromatic rings. The summed E-state index contributed by atoms with van der Waals surface area (Å²) in [5.74, 6) is 0. The molecule has 0 radical (unpaired) electrons. The summed E-state index contributed by atoms with van der Waals surface area (Å²) < 4.78 is 5.67. The SMILES string of the molecule is CC(C)OC1CCC(NC(=O)O)CC1. The highest BCUT2D eigenvalue weighted by atomic mass is 16.5. The second-order valence-electron chi connectivity index (χ2n) is 4.11. The minimum absolute atomic E-state index is 0.125. The minimum Gasteiger partial charge on any atom is -0.465 e. The van der Waals surface area contributed by atoms with Crippen LogP contribution in [0.25, 0.3) is 0 Å². The second kappa shape index (κ2) is 5.20. The van der Waals surface area contributed by atoms with E-state index in [4.69, 9.17) is 9.84 Å². The highest BCUT2D eigenvalue weighted by molar-refractivity contribution is 5.64. The van der Waals surface area contributed by atoms with E-state index in [0.29, 0.717) is 6.10 Å². The third-order valence-electron chi connectivity index (χ3n) is 2.47. The fourth-order valence-corrected chi connectivity index (χ4v) is 1.90. The van der Waals surface area contributed by atoms with Gasteiger partial charge in [0.05, 0.1) is 12.2 Å². The molecule has 0 atom stereocenters. The molecular weight excluding hydrogens is 182 g/mol. The fraction of sp³-hybridized carbons (Fsp3) is 0.900. The standard InChI is InChI=1S/C10H19NO3/c1-7(2)14-9-5-3-8(4-6-9)11-10(12)13/h7-9,11H,3-6H2,1-2H3,(H,12,13). The third kappa shape index (κ3) is 3.96. The van der Waals surface area contributed by atoms with Gasteiger partial charge in [0.15, 0.2) is 0 Å². The van der Waals surface area contributed by atoms with Crippen LogP contribution in [0.5, 0.6) is 0 Å². The summed E-state index contributed by atoms with van der Waals surface area (Å²) in [7, 11) is 0. The number of carboxylic acid groups (broad SMARTS) is 1. The van der Waals surface area contributed by atoms with Crippen molar-refractivity contribution in [2.75, 3.05) is 0 Å². The predicted octanol–water partition coefficient (Wildman–Crippen LogP) is 1.99. The fourth-order valence-electron chi connectivity index (χ4n) is 1.90. The lowest BCUT2D eigenvalue weighted by molar-refractivity contribution is -0.0159. The number of rotatable bonds is 3. The zero-order valence-corrected chi connectivity index (χ0v) is 8.82. The summed E-state index contributed by atoms with van der Waals surface area (Å²) in [6.07, 6.45) is 3.38. The molecule has 4 heteroatoms. The monoisotopic (exact) mass is 201 g/mol. The molecule has 0 aromatic carbocycles. The zero-order valence-electron chi connectivity index (χ0n) is 8.82. The average molecular weight is 201 g/mol. The van der Waals surface area contributed by atoms with Crippen LogP contribution in [-0.4, -0.2) is 29.4 Å². The van der Waals surface area contributed by atoms with E-state index in [0.717, 1.165) is 25.7 Å². The van der Waals surface area contributed by atoms with E-state index in [2.05, 4.69) is 5.32 Å². The number of ether oxygens (including phenoxy) is 1. The van der Waals surface area contributed by atoms with E-state index in [-0.39, 0.29) is 12.1 Å². The van der Waals surface area contributed by atoms with Crippen molar-refractivity contribution in [3.63, 3.8) is 0 Å². The average Bonchev–Trinajstić information content (AvgIpc) is 2.06. The molecule has 0 bridgehead atoms. The predicted molar refractivity (Wildman–Crippen MR) is 53.4 cm³/mol. The summed E-state index contributed by atoms with van der Waals surface area (Å²) >= 11 is 0. The molecule has 1 rings (SSSR count). The zero-order chi connectivity index (χ0) is 10.6. The first-order valence-corrected chi connectivity index (χ1v) is 5.23. The van der Waals surface area contributed by atoms with Gasteiger partial charge in [0.25, 0.3) is 0 Å². The lowest BCUT2D eigenvalue weighted by atomic mass is 9.93. The Morgan fingerprint density at radius 1 is 1.36 bits per heavy atom. The smallest absolute Gasteiger partial charge is 0.404 e. The maximum Gasteiger partial charge on any atom is 0.404 e. The van der Waals surface area contributed by atoms with Crippen molar-refractivity contribution in [3.05, 3.63) is 0 Å². The van der Waals surface area contributed by atoms with Gasteiger partial charge in [-0.15, -0.1) is 0 Å². The van der Waals surface area contributed by atoms with Crippen LogP contribution in [0.2, 0.25) is 0 Å². The molecule has 1 aliphatic carbocycles. The first-order valence-electron chi connectivity index (χ1n) is 5.23. The lowest BCUT2D eigenvalue weighted by Crippen LogP contribution is -2.38. The number of carbonyl (C=O) groups is 1. The Balaban J connectivity index is 2.21. The molecule has 0 saturated heterocycles. The molecule has 4 nitrogen and oxygen atoms in total. The highest BCUT2D eigenvalue weighted by Crippen LogP contribution is 2.22. The van der Waals surface area contributed by atoms with Gasteiger partial charge in [-0.25, -0.2) is 4.79 Å². The van der Waals surface area contributed by atoms with Crippen molar-refractivity contribution in [1.82, 2.24) is 5.32 Å². The highest BCUT2D eigenvalue weighted by Gasteiger charge is 2.23. The first kappa shape index (κ1) is 11.3. The van der Waals surface area contributed by atoms with Crippen LogP contribution in [-0.2, 0) is 4.74 Å². The van der Waals surface area contributed by atoms with E-state index in [1.807, 2.05) is 13.8 Å². The quantitative estimate of drug-likeness (QED) is 0.734. The van der Waals surface area contributed by atoms with Crippen molar-refractivity contribution in [2.45, 2.75) is 57.8 Å². The number of amides is 1. The summed E-state index contributed by atoms with van der Waals surface area (Å²) in [6.45, 7) is 4.06. The van der Waals surface area contributed by atoms with Crippen molar-refractivity contribution in [3.8, 4) is 0 Å². The van der Waals surface area contributed by atoms with E-state index in [9.17, 15) is 4.79 Å². The van der Waals surface area contributed by atoms with Gasteiger partial charge in [0.1, 0.15) is 0 Å². The molecule has 0 aromatic heterocycles. The molecule has 1 amide bonds. The van der Waals surface area contributed by atoms with Gasteiger partial charge in [-0.05, 0) is 39.5 Å². The topological polar surface area (TPSA) is 58.6 Å². The van der Waals surface area contributed by atoms with Crippen LogP contribution in [0.3, 0.4) is 0 Å². The van der Waals surface area contributed by atoms with E-state index in [1.165, 1.54) is 0 Å². The van der Waals surface area contributed by atoms with Crippen LogP contribution in [0.4, 0.5) is 4.79 Å². The molecule has 1 saturated carbocycles. The van der Waals surface area contributed by atoms with Crippen molar-refractivity contribution in [1.29, 1.82) is 0 Å². The Morgan fingerprint density at radius 3 is 2.36 bits per heavy atom. The van der Waals surface area contributed by atoms with Crippen molar-refractivity contribution >= 4 is 6.09 Å². The number of hydrogen-bond donors (Lipinski definition) is 2. The second-order valence-corrected chi connectivity index (χ2v) is 4.11. The molecule has 1 fully saturated rings. The van der Waals surface area contributed by atoms with Gasteiger partial charge in [-0.1, -0.05) is 0 Å². The lowest BCUT2D eigenvalue weighted by Gasteiger charge is -2.29. The van der Waals surface area contributed by atoms with E-state index in [1.54, 1.807) is 0 Å². The van der Waals surface area contributed by atoms with Gasteiger partial charge in [-0.2, -0.15) is 0 Å². The van der Waals surface area contributed by atoms with Crippen LogP contribution >= 0.6 is 0 Å². The third-order valence-corrected chi connectivity index (χ3v) is 2.47. The van der Waals surface area contributed by atoms with Gasteiger partial charge in [-0.3, -0.25) is 0 Å². The molecule has 82 valence electrons. The van der Waals surface area contributed by atoms with Gasteiger partial charge in [0, 0.05) is 6.04 Å². The van der Waals surface area contributed by atoms with Gasteiger partial charge < -0.3 is 15.2 Å². The largest absolute Gasteiger partial charge is 0.465 e. The van der Waals surface area contributed by atoms with Crippen LogP contribution in [0.1, 0.15) is 39.5 Å². The molecule has 2 N–H and O–H groups in total. The Kier molecular flexibility index (Phi) is 4.20. The summed E-state index contributed by atoms with van der Waals surface area (Å²) in [5, 5.41) is 11.1. The van der Waals surface area contributed by atoms with Crippen LogP contribution in [0, 0.1) is 0 Å². The van der Waals surface area contributed by atoms with Crippen LogP contribution in [0.15, 0.2) is 0 Å². The van der Waals surface area contributed by atoms with Crippen LogP contribution < -0.4 is 5.32 Å². The molecule has 0 heterocycles. The maximum atomic E-state index is 10.4. The minimum atomic E-state index is -0.918. The first-order chi connectivity index (χ1) is 6.58. The van der Waals surface area contributed by atoms with E-state index < -0.39 is 6.09 Å². The summed E-state index contributed by atoms with van der Waals surface area (Å²) in [6, 6.07) is 0.125. The maximum absolute atomic E-state index is 10.4. The normalized spacial score (nSPS) is 27.6.